The van der Waals surface area contributed by atoms with Crippen molar-refractivity contribution in [3.05, 3.63) is 23.7 Å². The van der Waals surface area contributed by atoms with Crippen LogP contribution in [0.5, 0.6) is 0 Å². The van der Waals surface area contributed by atoms with Crippen LogP contribution in [-0.4, -0.2) is 37.7 Å². The number of likely N-dealkylation sites (N-methyl/N-ethyl adjacent to an activating group) is 1. The molecule has 4 nitrogen and oxygen atoms in total. The monoisotopic (exact) mass is 254 g/mol. The Balaban J connectivity index is 2.33. The molecule has 0 aliphatic rings. The fourth-order valence-electron chi connectivity index (χ4n) is 1.39. The van der Waals surface area contributed by atoms with Crippen molar-refractivity contribution in [1.29, 1.82) is 0 Å². The Hall–Kier alpha value is -0.840. The second-order valence-electron chi connectivity index (χ2n) is 5.40. The summed E-state index contributed by atoms with van der Waals surface area (Å²) in [5.74, 6) is 0.887. The van der Waals surface area contributed by atoms with Crippen LogP contribution in [0.3, 0.4) is 0 Å². The normalized spacial score (nSPS) is 12.3. The summed E-state index contributed by atoms with van der Waals surface area (Å²) < 4.78 is 11.2. The van der Waals surface area contributed by atoms with Crippen LogP contribution < -0.4 is 5.32 Å². The van der Waals surface area contributed by atoms with Crippen LogP contribution in [-0.2, 0) is 17.9 Å². The Bertz CT molecular complexity index is 345. The molecule has 1 N–H and O–H groups in total. The van der Waals surface area contributed by atoms with Crippen LogP contribution in [0.4, 0.5) is 0 Å². The summed E-state index contributed by atoms with van der Waals surface area (Å²) in [4.78, 5) is 2.16. The lowest BCUT2D eigenvalue weighted by atomic mass is 10.1. The summed E-state index contributed by atoms with van der Waals surface area (Å²) in [6.07, 6.45) is 1.79. The van der Waals surface area contributed by atoms with Crippen molar-refractivity contribution < 1.29 is 9.15 Å². The molecule has 104 valence electrons. The van der Waals surface area contributed by atoms with E-state index in [1.54, 1.807) is 6.26 Å². The molecule has 1 heterocycles. The Morgan fingerprint density at radius 3 is 2.72 bits per heavy atom. The summed E-state index contributed by atoms with van der Waals surface area (Å²) >= 11 is 0. The smallest absolute Gasteiger partial charge is 0.129 e. The minimum absolute atomic E-state index is 0.0409. The van der Waals surface area contributed by atoms with E-state index in [0.29, 0.717) is 13.2 Å². The standard InChI is InChI=1S/C14H26N2O2/c1-6-15-8-12-7-13(18-9-12)10-17-11-14(2,3)16(4)5/h7,9,15H,6,8,10-11H2,1-5H3. The van der Waals surface area contributed by atoms with E-state index in [9.17, 15) is 0 Å². The van der Waals surface area contributed by atoms with Crippen LogP contribution in [0.1, 0.15) is 32.1 Å². The molecular formula is C14H26N2O2. The molecule has 0 bridgehead atoms. The van der Waals surface area contributed by atoms with Crippen molar-refractivity contribution in [1.82, 2.24) is 10.2 Å². The van der Waals surface area contributed by atoms with Crippen molar-refractivity contribution in [3.63, 3.8) is 0 Å². The Morgan fingerprint density at radius 2 is 2.11 bits per heavy atom. The maximum absolute atomic E-state index is 5.71. The first kappa shape index (κ1) is 15.2. The van der Waals surface area contributed by atoms with E-state index in [0.717, 1.165) is 18.8 Å². The lowest BCUT2D eigenvalue weighted by Crippen LogP contribution is -2.42. The molecule has 0 saturated heterocycles. The average Bonchev–Trinajstić information content (AvgIpc) is 2.74. The fourth-order valence-corrected chi connectivity index (χ4v) is 1.39. The van der Waals surface area contributed by atoms with Crippen LogP contribution in [0.15, 0.2) is 16.7 Å². The number of hydrogen-bond donors (Lipinski definition) is 1. The molecular weight excluding hydrogens is 228 g/mol. The molecule has 0 spiro atoms. The number of ether oxygens (including phenoxy) is 1. The highest BCUT2D eigenvalue weighted by molar-refractivity contribution is 5.11. The maximum atomic E-state index is 5.71. The first-order valence-electron chi connectivity index (χ1n) is 6.48. The van der Waals surface area contributed by atoms with Crippen LogP contribution in [0.2, 0.25) is 0 Å². The van der Waals surface area contributed by atoms with Gasteiger partial charge >= 0.3 is 0 Å². The van der Waals surface area contributed by atoms with Crippen molar-refractivity contribution in [2.45, 2.75) is 39.5 Å². The molecule has 0 aliphatic carbocycles. The zero-order chi connectivity index (χ0) is 13.6. The van der Waals surface area contributed by atoms with E-state index in [2.05, 4.69) is 45.1 Å². The first-order chi connectivity index (χ1) is 8.45. The molecule has 1 aromatic heterocycles. The molecule has 0 unspecified atom stereocenters. The Kier molecular flexibility index (Phi) is 5.85. The minimum Gasteiger partial charge on any atom is -0.467 e. The molecule has 1 rings (SSSR count). The number of nitrogens with zero attached hydrogens (tertiary/aromatic N) is 1. The highest BCUT2D eigenvalue weighted by atomic mass is 16.5. The van der Waals surface area contributed by atoms with Crippen molar-refractivity contribution >= 4 is 0 Å². The summed E-state index contributed by atoms with van der Waals surface area (Å²) in [6, 6.07) is 2.05. The van der Waals surface area contributed by atoms with E-state index in [1.807, 2.05) is 6.07 Å². The second-order valence-corrected chi connectivity index (χ2v) is 5.40. The van der Waals surface area contributed by atoms with Gasteiger partial charge in [0.25, 0.3) is 0 Å². The summed E-state index contributed by atoms with van der Waals surface area (Å²) in [6.45, 7) is 9.44. The third-order valence-corrected chi connectivity index (χ3v) is 3.20. The van der Waals surface area contributed by atoms with Crippen LogP contribution >= 0.6 is 0 Å². The highest BCUT2D eigenvalue weighted by Gasteiger charge is 2.20. The quantitative estimate of drug-likeness (QED) is 0.772. The predicted molar refractivity (Wildman–Crippen MR) is 73.5 cm³/mol. The summed E-state index contributed by atoms with van der Waals surface area (Å²) in [5, 5.41) is 3.27. The van der Waals surface area contributed by atoms with E-state index in [-0.39, 0.29) is 5.54 Å². The molecule has 4 heteroatoms. The van der Waals surface area contributed by atoms with Gasteiger partial charge in [-0.2, -0.15) is 0 Å². The molecule has 0 aromatic carbocycles. The number of hydrogen-bond acceptors (Lipinski definition) is 4. The Morgan fingerprint density at radius 1 is 1.39 bits per heavy atom. The van der Waals surface area contributed by atoms with Gasteiger partial charge in [-0.25, -0.2) is 0 Å². The molecule has 1 aromatic rings. The number of nitrogens with one attached hydrogen (secondary N) is 1. The second kappa shape index (κ2) is 6.92. The van der Waals surface area contributed by atoms with E-state index >= 15 is 0 Å². The third kappa shape index (κ3) is 4.80. The molecule has 0 atom stereocenters. The van der Waals surface area contributed by atoms with Gasteiger partial charge in [0, 0.05) is 17.6 Å². The topological polar surface area (TPSA) is 37.6 Å². The van der Waals surface area contributed by atoms with Crippen molar-refractivity contribution in [3.8, 4) is 0 Å². The van der Waals surface area contributed by atoms with Gasteiger partial charge in [0.05, 0.1) is 12.9 Å². The van der Waals surface area contributed by atoms with E-state index < -0.39 is 0 Å². The number of rotatable bonds is 8. The molecule has 0 amide bonds. The van der Waals surface area contributed by atoms with Gasteiger partial charge in [-0.3, -0.25) is 0 Å². The number of furan rings is 1. The van der Waals surface area contributed by atoms with E-state index in [4.69, 9.17) is 9.15 Å². The maximum Gasteiger partial charge on any atom is 0.129 e. The zero-order valence-electron chi connectivity index (χ0n) is 12.2. The van der Waals surface area contributed by atoms with E-state index in [1.165, 1.54) is 5.56 Å². The average molecular weight is 254 g/mol. The van der Waals surface area contributed by atoms with Gasteiger partial charge in [0.2, 0.25) is 0 Å². The Labute approximate surface area is 110 Å². The summed E-state index contributed by atoms with van der Waals surface area (Å²) in [5.41, 5.74) is 1.21. The SMILES string of the molecule is CCNCc1coc(COCC(C)(C)N(C)C)c1. The summed E-state index contributed by atoms with van der Waals surface area (Å²) in [7, 11) is 4.12. The minimum atomic E-state index is 0.0409. The van der Waals surface area contributed by atoms with Gasteiger partial charge in [-0.1, -0.05) is 6.92 Å². The lowest BCUT2D eigenvalue weighted by molar-refractivity contribution is 0.0209. The van der Waals surface area contributed by atoms with Gasteiger partial charge in [-0.05, 0) is 40.6 Å². The molecule has 0 fully saturated rings. The lowest BCUT2D eigenvalue weighted by Gasteiger charge is -2.31. The van der Waals surface area contributed by atoms with Gasteiger partial charge in [0.15, 0.2) is 0 Å². The van der Waals surface area contributed by atoms with Gasteiger partial charge in [0.1, 0.15) is 12.4 Å². The predicted octanol–water partition coefficient (Wildman–Crippen LogP) is 2.25. The van der Waals surface area contributed by atoms with Crippen LogP contribution in [0, 0.1) is 0 Å². The molecule has 0 aliphatic heterocycles. The largest absolute Gasteiger partial charge is 0.467 e. The zero-order valence-corrected chi connectivity index (χ0v) is 12.2. The molecule has 0 radical (unpaired) electrons. The van der Waals surface area contributed by atoms with Gasteiger partial charge in [-0.15, -0.1) is 0 Å². The molecule has 18 heavy (non-hydrogen) atoms. The van der Waals surface area contributed by atoms with Crippen LogP contribution in [0.25, 0.3) is 0 Å². The van der Waals surface area contributed by atoms with Crippen molar-refractivity contribution in [2.24, 2.45) is 0 Å². The van der Waals surface area contributed by atoms with Crippen molar-refractivity contribution in [2.75, 3.05) is 27.2 Å². The fraction of sp³-hybridized carbons (Fsp3) is 0.714. The first-order valence-corrected chi connectivity index (χ1v) is 6.48. The molecule has 0 saturated carbocycles. The highest BCUT2D eigenvalue weighted by Crippen LogP contribution is 2.13. The third-order valence-electron chi connectivity index (χ3n) is 3.20. The van der Waals surface area contributed by atoms with Gasteiger partial charge < -0.3 is 19.4 Å².